The summed E-state index contributed by atoms with van der Waals surface area (Å²) in [5.41, 5.74) is 0. The molecule has 0 aliphatic rings. The zero-order chi connectivity index (χ0) is 7.78. The first-order valence-electron chi connectivity index (χ1n) is 2.19. The van der Waals surface area contributed by atoms with Crippen molar-refractivity contribution in [3.63, 3.8) is 0 Å². The van der Waals surface area contributed by atoms with Crippen LogP contribution in [0.5, 0.6) is 0 Å². The van der Waals surface area contributed by atoms with Crippen molar-refractivity contribution >= 4 is 26.2 Å². The van der Waals surface area contributed by atoms with Crippen molar-refractivity contribution in [1.29, 1.82) is 0 Å². The maximum atomic E-state index is 12.0. The van der Waals surface area contributed by atoms with Gasteiger partial charge in [0, 0.05) is 6.07 Å². The summed E-state index contributed by atoms with van der Waals surface area (Å²) in [7, 11) is -4.68. The third-order valence-corrected chi connectivity index (χ3v) is 1.89. The molecule has 0 spiro atoms. The molecule has 6 heteroatoms. The van der Waals surface area contributed by atoms with Gasteiger partial charge in [-0.3, -0.25) is 0 Å². The zero-order valence-corrected chi connectivity index (χ0v) is 6.95. The van der Waals surface area contributed by atoms with Crippen LogP contribution >= 0.6 is 15.9 Å². The monoisotopic (exact) mass is 228 g/mol. The minimum absolute atomic E-state index is 0.392. The van der Waals surface area contributed by atoms with Crippen LogP contribution < -0.4 is 0 Å². The largest absolute Gasteiger partial charge is 0.449 e. The van der Waals surface area contributed by atoms with Crippen molar-refractivity contribution in [3.05, 3.63) is 16.8 Å². The molecule has 0 saturated heterocycles. The van der Waals surface area contributed by atoms with Crippen molar-refractivity contribution in [3.8, 4) is 0 Å². The Kier molecular flexibility index (Phi) is 1.82. The predicted octanol–water partition coefficient (Wildman–Crippen LogP) is 1.70. The van der Waals surface area contributed by atoms with Gasteiger partial charge in [-0.05, 0) is 15.9 Å². The Morgan fingerprint density at radius 3 is 2.40 bits per heavy atom. The fourth-order valence-electron chi connectivity index (χ4n) is 0.423. The summed E-state index contributed by atoms with van der Waals surface area (Å²) < 4.78 is 36.8. The minimum atomic E-state index is -4.68. The van der Waals surface area contributed by atoms with E-state index in [1.807, 2.05) is 0 Å². The van der Waals surface area contributed by atoms with Crippen LogP contribution in [-0.4, -0.2) is 8.42 Å². The van der Waals surface area contributed by atoms with Crippen LogP contribution in [0, 0.1) is 0 Å². The van der Waals surface area contributed by atoms with Gasteiger partial charge in [-0.1, -0.05) is 3.89 Å². The van der Waals surface area contributed by atoms with Crippen molar-refractivity contribution in [2.45, 2.75) is 5.09 Å². The van der Waals surface area contributed by atoms with E-state index in [1.165, 1.54) is 0 Å². The van der Waals surface area contributed by atoms with Gasteiger partial charge in [0.15, 0.2) is 0 Å². The van der Waals surface area contributed by atoms with Crippen LogP contribution in [0.15, 0.2) is 26.3 Å². The van der Waals surface area contributed by atoms with Gasteiger partial charge in [0.05, 0.1) is 4.47 Å². The van der Waals surface area contributed by atoms with E-state index in [9.17, 15) is 12.3 Å². The lowest BCUT2D eigenvalue weighted by atomic mass is 10.7. The second-order valence-electron chi connectivity index (χ2n) is 1.52. The quantitative estimate of drug-likeness (QED) is 0.688. The molecule has 0 bridgehead atoms. The molecule has 0 N–H and O–H groups in total. The van der Waals surface area contributed by atoms with E-state index in [4.69, 9.17) is 0 Å². The average molecular weight is 229 g/mol. The van der Waals surface area contributed by atoms with Crippen molar-refractivity contribution in [2.75, 3.05) is 0 Å². The van der Waals surface area contributed by atoms with Gasteiger partial charge in [-0.25, -0.2) is 0 Å². The molecule has 1 rings (SSSR count). The molecule has 0 atom stereocenters. The van der Waals surface area contributed by atoms with Gasteiger partial charge in [0.2, 0.25) is 0 Å². The lowest BCUT2D eigenvalue weighted by Gasteiger charge is -1.81. The van der Waals surface area contributed by atoms with E-state index in [0.717, 1.165) is 12.3 Å². The smallest absolute Gasteiger partial charge is 0.365 e. The molecule has 0 saturated carbocycles. The Hall–Kier alpha value is -0.360. The fourth-order valence-corrected chi connectivity index (χ4v) is 1.31. The van der Waals surface area contributed by atoms with E-state index in [0.29, 0.717) is 4.47 Å². The number of furan rings is 1. The minimum Gasteiger partial charge on any atom is -0.449 e. The summed E-state index contributed by atoms with van der Waals surface area (Å²) in [6.45, 7) is 0. The van der Waals surface area contributed by atoms with Crippen LogP contribution in [0.4, 0.5) is 3.89 Å². The number of hydrogen-bond donors (Lipinski definition) is 0. The highest BCUT2D eigenvalue weighted by molar-refractivity contribution is 9.10. The van der Waals surface area contributed by atoms with Crippen molar-refractivity contribution < 1.29 is 16.7 Å². The molecule has 0 aromatic carbocycles. The highest BCUT2D eigenvalue weighted by atomic mass is 79.9. The predicted molar refractivity (Wildman–Crippen MR) is 34.7 cm³/mol. The Bertz CT molecular complexity index is 328. The first-order valence-corrected chi connectivity index (χ1v) is 4.36. The second kappa shape index (κ2) is 2.35. The van der Waals surface area contributed by atoms with E-state index in [2.05, 4.69) is 20.3 Å². The molecule has 10 heavy (non-hydrogen) atoms. The van der Waals surface area contributed by atoms with E-state index >= 15 is 0 Å². The molecular weight excluding hydrogens is 227 g/mol. The number of rotatable bonds is 1. The van der Waals surface area contributed by atoms with Gasteiger partial charge in [0.25, 0.3) is 5.09 Å². The molecule has 0 amide bonds. The SMILES string of the molecule is O=S(=O)(F)c1cc(Br)co1. The highest BCUT2D eigenvalue weighted by Gasteiger charge is 2.15. The molecule has 56 valence electrons. The summed E-state index contributed by atoms with van der Waals surface area (Å²) in [5, 5.41) is -0.681. The van der Waals surface area contributed by atoms with Crippen LogP contribution in [-0.2, 0) is 10.2 Å². The first-order chi connectivity index (χ1) is 4.50. The number of hydrogen-bond acceptors (Lipinski definition) is 3. The van der Waals surface area contributed by atoms with E-state index < -0.39 is 15.3 Å². The molecule has 0 aliphatic heterocycles. The zero-order valence-electron chi connectivity index (χ0n) is 4.54. The molecule has 1 heterocycles. The third-order valence-electron chi connectivity index (χ3n) is 0.784. The standard InChI is InChI=1S/C4H2BrFO3S/c5-3-1-4(9-2-3)10(6,7)8/h1-2H. The second-order valence-corrected chi connectivity index (χ2v) is 3.72. The highest BCUT2D eigenvalue weighted by Crippen LogP contribution is 2.19. The fraction of sp³-hybridized carbons (Fsp3) is 0. The summed E-state index contributed by atoms with van der Waals surface area (Å²) in [6, 6.07) is 1.04. The van der Waals surface area contributed by atoms with Crippen LogP contribution in [0.2, 0.25) is 0 Å². The van der Waals surface area contributed by atoms with Crippen LogP contribution in [0.1, 0.15) is 0 Å². The Balaban J connectivity index is 3.21. The van der Waals surface area contributed by atoms with Gasteiger partial charge < -0.3 is 4.42 Å². The van der Waals surface area contributed by atoms with Crippen molar-refractivity contribution in [2.24, 2.45) is 0 Å². The van der Waals surface area contributed by atoms with Crippen molar-refractivity contribution in [1.82, 2.24) is 0 Å². The summed E-state index contributed by atoms with van der Waals surface area (Å²) in [4.78, 5) is 0. The maximum Gasteiger partial charge on any atom is 0.365 e. The Labute approximate surface area is 65.2 Å². The van der Waals surface area contributed by atoms with Gasteiger partial charge in [-0.2, -0.15) is 8.42 Å². The molecule has 0 radical (unpaired) electrons. The van der Waals surface area contributed by atoms with E-state index in [1.54, 1.807) is 0 Å². The van der Waals surface area contributed by atoms with Gasteiger partial charge in [-0.15, -0.1) is 0 Å². The molecule has 1 aromatic heterocycles. The normalized spacial score (nSPS) is 11.8. The van der Waals surface area contributed by atoms with Crippen LogP contribution in [0.25, 0.3) is 0 Å². The number of halogens is 2. The van der Waals surface area contributed by atoms with E-state index in [-0.39, 0.29) is 0 Å². The van der Waals surface area contributed by atoms with Gasteiger partial charge >= 0.3 is 10.2 Å². The Morgan fingerprint density at radius 1 is 1.60 bits per heavy atom. The molecule has 3 nitrogen and oxygen atoms in total. The molecule has 0 fully saturated rings. The lowest BCUT2D eigenvalue weighted by molar-refractivity contribution is 0.434. The average Bonchev–Trinajstić information content (AvgIpc) is 2.11. The first kappa shape index (κ1) is 7.74. The van der Waals surface area contributed by atoms with Crippen LogP contribution in [0.3, 0.4) is 0 Å². The molecule has 0 unspecified atom stereocenters. The topological polar surface area (TPSA) is 47.3 Å². The molecule has 0 aliphatic carbocycles. The molecule has 1 aromatic rings. The Morgan fingerprint density at radius 2 is 2.20 bits per heavy atom. The lowest BCUT2D eigenvalue weighted by Crippen LogP contribution is -1.86. The summed E-state index contributed by atoms with van der Waals surface area (Å²) in [5.74, 6) is 0. The van der Waals surface area contributed by atoms with Gasteiger partial charge in [0.1, 0.15) is 6.26 Å². The third kappa shape index (κ3) is 1.57. The maximum absolute atomic E-state index is 12.0. The summed E-state index contributed by atoms with van der Waals surface area (Å²) in [6.07, 6.45) is 1.09. The summed E-state index contributed by atoms with van der Waals surface area (Å²) >= 11 is 2.90. The molecular formula is C4H2BrFO3S.